The third-order valence-electron chi connectivity index (χ3n) is 3.23. The molecule has 21 heavy (non-hydrogen) atoms. The number of nitrogens with one attached hydrogen (secondary N) is 1. The summed E-state index contributed by atoms with van der Waals surface area (Å²) in [5, 5.41) is 12.0. The molecule has 1 heterocycles. The van der Waals surface area contributed by atoms with Crippen molar-refractivity contribution in [1.29, 1.82) is 5.26 Å². The number of rotatable bonds is 5. The van der Waals surface area contributed by atoms with E-state index in [-0.39, 0.29) is 0 Å². The van der Waals surface area contributed by atoms with E-state index in [4.69, 9.17) is 10.00 Å². The Morgan fingerprint density at radius 3 is 2.67 bits per heavy atom. The molecule has 0 spiro atoms. The van der Waals surface area contributed by atoms with Crippen LogP contribution in [0.2, 0.25) is 0 Å². The van der Waals surface area contributed by atoms with Gasteiger partial charge in [0.1, 0.15) is 17.4 Å². The van der Waals surface area contributed by atoms with Gasteiger partial charge in [-0.25, -0.2) is 4.98 Å². The van der Waals surface area contributed by atoms with Gasteiger partial charge in [0, 0.05) is 18.5 Å². The molecular weight excluding hydrogens is 264 g/mol. The summed E-state index contributed by atoms with van der Waals surface area (Å²) in [7, 11) is 0. The first kappa shape index (κ1) is 13.4. The number of nitriles is 1. The van der Waals surface area contributed by atoms with Crippen molar-refractivity contribution in [2.75, 3.05) is 11.9 Å². The Hall–Kier alpha value is -2.61. The fourth-order valence-electron chi connectivity index (χ4n) is 2.01. The summed E-state index contributed by atoms with van der Waals surface area (Å²) in [5.74, 6) is 3.30. The molecule has 1 aliphatic rings. The van der Waals surface area contributed by atoms with Crippen molar-refractivity contribution < 1.29 is 4.74 Å². The van der Waals surface area contributed by atoms with Crippen molar-refractivity contribution in [2.24, 2.45) is 0 Å². The molecule has 0 bridgehead atoms. The van der Waals surface area contributed by atoms with Gasteiger partial charge in [0.05, 0.1) is 11.6 Å². The molecule has 1 N–H and O–H groups in total. The highest BCUT2D eigenvalue weighted by atomic mass is 16.5. The predicted octanol–water partition coefficient (Wildman–Crippen LogP) is 3.45. The zero-order valence-electron chi connectivity index (χ0n) is 11.8. The smallest absolute Gasteiger partial charge is 0.224 e. The molecule has 0 unspecified atom stereocenters. The Balaban J connectivity index is 1.84. The molecule has 3 rings (SSSR count). The molecule has 1 fully saturated rings. The molecular formula is C16H16N4O. The Morgan fingerprint density at radius 1 is 1.29 bits per heavy atom. The summed E-state index contributed by atoms with van der Waals surface area (Å²) >= 11 is 0. The third-order valence-corrected chi connectivity index (χ3v) is 3.23. The van der Waals surface area contributed by atoms with E-state index < -0.39 is 0 Å². The number of anilines is 1. The summed E-state index contributed by atoms with van der Waals surface area (Å²) < 4.78 is 5.78. The standard InChI is InChI=1S/C16H16N4O/c1-2-18-14-9-15(20-16(19-14)12-5-6-12)21-13-7-3-11(10-17)4-8-13/h3-4,7-9,12H,2,5-6H2,1H3,(H,18,19,20). The van der Waals surface area contributed by atoms with Gasteiger partial charge >= 0.3 is 0 Å². The van der Waals surface area contributed by atoms with Crippen LogP contribution in [-0.4, -0.2) is 16.5 Å². The third kappa shape index (κ3) is 3.29. The van der Waals surface area contributed by atoms with E-state index in [1.165, 1.54) is 0 Å². The van der Waals surface area contributed by atoms with Gasteiger partial charge in [0.25, 0.3) is 0 Å². The Kier molecular flexibility index (Phi) is 3.69. The average molecular weight is 280 g/mol. The van der Waals surface area contributed by atoms with Crippen LogP contribution in [0.25, 0.3) is 0 Å². The van der Waals surface area contributed by atoms with Crippen molar-refractivity contribution in [3.8, 4) is 17.7 Å². The Bertz CT molecular complexity index is 672. The maximum Gasteiger partial charge on any atom is 0.224 e. The van der Waals surface area contributed by atoms with Crippen LogP contribution in [0.15, 0.2) is 30.3 Å². The first-order valence-corrected chi connectivity index (χ1v) is 7.09. The van der Waals surface area contributed by atoms with E-state index in [0.717, 1.165) is 31.0 Å². The highest BCUT2D eigenvalue weighted by Crippen LogP contribution is 2.39. The van der Waals surface area contributed by atoms with Crippen LogP contribution in [0.3, 0.4) is 0 Å². The van der Waals surface area contributed by atoms with Gasteiger partial charge in [-0.2, -0.15) is 10.2 Å². The van der Waals surface area contributed by atoms with Crippen LogP contribution < -0.4 is 10.1 Å². The lowest BCUT2D eigenvalue weighted by Crippen LogP contribution is -2.04. The lowest BCUT2D eigenvalue weighted by atomic mass is 10.2. The number of ether oxygens (including phenoxy) is 1. The topological polar surface area (TPSA) is 70.8 Å². The van der Waals surface area contributed by atoms with Gasteiger partial charge in [0.2, 0.25) is 5.88 Å². The van der Waals surface area contributed by atoms with Gasteiger partial charge in [-0.05, 0) is 44.0 Å². The summed E-state index contributed by atoms with van der Waals surface area (Å²) in [6.07, 6.45) is 2.29. The normalized spacial score (nSPS) is 13.5. The molecule has 1 aromatic heterocycles. The van der Waals surface area contributed by atoms with Crippen molar-refractivity contribution in [3.63, 3.8) is 0 Å². The van der Waals surface area contributed by atoms with Crippen LogP contribution in [0.4, 0.5) is 5.82 Å². The van der Waals surface area contributed by atoms with E-state index >= 15 is 0 Å². The molecule has 0 saturated heterocycles. The van der Waals surface area contributed by atoms with E-state index in [1.807, 2.05) is 6.92 Å². The largest absolute Gasteiger partial charge is 0.439 e. The minimum atomic E-state index is 0.465. The average Bonchev–Trinajstić information content (AvgIpc) is 3.33. The lowest BCUT2D eigenvalue weighted by Gasteiger charge is -2.09. The maximum absolute atomic E-state index is 8.80. The van der Waals surface area contributed by atoms with E-state index in [0.29, 0.717) is 23.1 Å². The zero-order valence-corrected chi connectivity index (χ0v) is 11.8. The highest BCUT2D eigenvalue weighted by Gasteiger charge is 2.27. The Morgan fingerprint density at radius 2 is 2.05 bits per heavy atom. The van der Waals surface area contributed by atoms with E-state index in [9.17, 15) is 0 Å². The van der Waals surface area contributed by atoms with Crippen LogP contribution >= 0.6 is 0 Å². The first-order valence-electron chi connectivity index (χ1n) is 7.09. The maximum atomic E-state index is 8.80. The van der Waals surface area contributed by atoms with Gasteiger partial charge in [-0.1, -0.05) is 0 Å². The van der Waals surface area contributed by atoms with Crippen LogP contribution in [0.1, 0.15) is 37.1 Å². The molecule has 1 aliphatic carbocycles. The number of hydrogen-bond acceptors (Lipinski definition) is 5. The molecule has 2 aromatic rings. The number of hydrogen-bond donors (Lipinski definition) is 1. The summed E-state index contributed by atoms with van der Waals surface area (Å²) in [5.41, 5.74) is 0.608. The molecule has 5 nitrogen and oxygen atoms in total. The molecule has 0 amide bonds. The predicted molar refractivity (Wildman–Crippen MR) is 79.4 cm³/mol. The number of aromatic nitrogens is 2. The highest BCUT2D eigenvalue weighted by molar-refractivity contribution is 5.42. The van der Waals surface area contributed by atoms with Crippen LogP contribution in [-0.2, 0) is 0 Å². The molecule has 0 radical (unpaired) electrons. The summed E-state index contributed by atoms with van der Waals surface area (Å²) in [4.78, 5) is 8.99. The van der Waals surface area contributed by atoms with Gasteiger partial charge in [-0.15, -0.1) is 0 Å². The number of benzene rings is 1. The second kappa shape index (κ2) is 5.80. The van der Waals surface area contributed by atoms with Gasteiger partial charge in [0.15, 0.2) is 0 Å². The second-order valence-electron chi connectivity index (χ2n) is 4.99. The molecule has 5 heteroatoms. The second-order valence-corrected chi connectivity index (χ2v) is 4.99. The van der Waals surface area contributed by atoms with E-state index in [1.54, 1.807) is 30.3 Å². The van der Waals surface area contributed by atoms with Crippen molar-refractivity contribution in [3.05, 3.63) is 41.7 Å². The molecule has 0 aliphatic heterocycles. The summed E-state index contributed by atoms with van der Waals surface area (Å²) in [6, 6.07) is 10.9. The fourth-order valence-corrected chi connectivity index (χ4v) is 2.01. The van der Waals surface area contributed by atoms with Gasteiger partial charge < -0.3 is 10.1 Å². The van der Waals surface area contributed by atoms with Gasteiger partial charge in [-0.3, -0.25) is 0 Å². The summed E-state index contributed by atoms with van der Waals surface area (Å²) in [6.45, 7) is 2.83. The minimum Gasteiger partial charge on any atom is -0.439 e. The quantitative estimate of drug-likeness (QED) is 0.908. The van der Waals surface area contributed by atoms with Crippen molar-refractivity contribution in [1.82, 2.24) is 9.97 Å². The first-order chi connectivity index (χ1) is 10.3. The minimum absolute atomic E-state index is 0.465. The lowest BCUT2D eigenvalue weighted by molar-refractivity contribution is 0.459. The van der Waals surface area contributed by atoms with Crippen molar-refractivity contribution in [2.45, 2.75) is 25.7 Å². The number of nitrogens with zero attached hydrogens (tertiary/aromatic N) is 3. The molecule has 106 valence electrons. The van der Waals surface area contributed by atoms with E-state index in [2.05, 4.69) is 21.4 Å². The van der Waals surface area contributed by atoms with Crippen LogP contribution in [0, 0.1) is 11.3 Å². The molecule has 1 saturated carbocycles. The Labute approximate surface area is 123 Å². The zero-order chi connectivity index (χ0) is 14.7. The van der Waals surface area contributed by atoms with Crippen molar-refractivity contribution >= 4 is 5.82 Å². The van der Waals surface area contributed by atoms with Crippen LogP contribution in [0.5, 0.6) is 11.6 Å². The molecule has 1 aromatic carbocycles. The fraction of sp³-hybridized carbons (Fsp3) is 0.312. The molecule has 0 atom stereocenters. The monoisotopic (exact) mass is 280 g/mol. The SMILES string of the molecule is CCNc1cc(Oc2ccc(C#N)cc2)nc(C2CC2)n1.